The number of ether oxygens (including phenoxy) is 1. The first kappa shape index (κ1) is 35.1. The molecular weight excluding hydrogens is 426 g/mol. The van der Waals surface area contributed by atoms with E-state index in [9.17, 15) is 14.7 Å². The van der Waals surface area contributed by atoms with Crippen molar-refractivity contribution in [3.8, 4) is 0 Å². The van der Waals surface area contributed by atoms with Gasteiger partial charge in [-0.25, -0.2) is 0 Å². The lowest BCUT2D eigenvalue weighted by atomic mass is 9.95. The fourth-order valence-electron chi connectivity index (χ4n) is 4.40. The first-order chi connectivity index (χ1) is 16.1. The Morgan fingerprint density at radius 3 is 1.38 bits per heavy atom. The van der Waals surface area contributed by atoms with Gasteiger partial charge in [0.1, 0.15) is 0 Å². The number of carbonyl (C=O) groups excluding carboxylic acids is 2. The Morgan fingerprint density at radius 2 is 0.971 bits per heavy atom. The van der Waals surface area contributed by atoms with Crippen LogP contribution in [0.15, 0.2) is 0 Å². The van der Waals surface area contributed by atoms with Crippen LogP contribution in [0, 0.1) is 5.92 Å². The highest BCUT2D eigenvalue weighted by atomic mass is 16.5. The van der Waals surface area contributed by atoms with Gasteiger partial charge in [-0.05, 0) is 25.2 Å². The minimum absolute atomic E-state index is 0. The van der Waals surface area contributed by atoms with E-state index in [0.29, 0.717) is 19.4 Å². The summed E-state index contributed by atoms with van der Waals surface area (Å²) in [6, 6.07) is 0. The Kier molecular flexibility index (Phi) is 29.0. The lowest BCUT2D eigenvalue weighted by Crippen LogP contribution is -2.31. The van der Waals surface area contributed by atoms with Gasteiger partial charge >= 0.3 is 5.97 Å². The van der Waals surface area contributed by atoms with E-state index in [0.717, 1.165) is 25.7 Å². The maximum atomic E-state index is 11.9. The van der Waals surface area contributed by atoms with Crippen molar-refractivity contribution in [3.05, 3.63) is 0 Å². The van der Waals surface area contributed by atoms with Gasteiger partial charge in [0.2, 0.25) is 0 Å². The van der Waals surface area contributed by atoms with E-state index in [4.69, 9.17) is 4.74 Å². The monoisotopic (exact) mass is 485 g/mol. The number of aliphatic carboxylic acids is 1. The molecule has 0 aliphatic rings. The number of carboxylic acid groups (broad SMARTS) is 1. The number of carbonyl (C=O) groups is 2. The molecule has 0 aliphatic carbocycles. The van der Waals surface area contributed by atoms with Crippen molar-refractivity contribution < 1.29 is 19.4 Å². The lowest BCUT2D eigenvalue weighted by molar-refractivity contribution is -0.312. The molecule has 0 spiro atoms. The minimum atomic E-state index is -1.02. The average molecular weight is 486 g/mol. The molecule has 34 heavy (non-hydrogen) atoms. The van der Waals surface area contributed by atoms with E-state index in [1.165, 1.54) is 103 Å². The van der Waals surface area contributed by atoms with E-state index in [2.05, 4.69) is 13.8 Å². The zero-order valence-electron chi connectivity index (χ0n) is 23.2. The lowest BCUT2D eigenvalue weighted by Gasteiger charge is -2.17. The van der Waals surface area contributed by atoms with Gasteiger partial charge in [-0.2, -0.15) is 0 Å². The van der Waals surface area contributed by atoms with Crippen molar-refractivity contribution >= 4 is 11.9 Å². The van der Waals surface area contributed by atoms with Crippen LogP contribution in [-0.4, -0.2) is 18.5 Å². The van der Waals surface area contributed by atoms with Gasteiger partial charge in [-0.1, -0.05) is 136 Å². The van der Waals surface area contributed by atoms with Crippen LogP contribution >= 0.6 is 0 Å². The molecule has 0 saturated heterocycles. The molecule has 0 bridgehead atoms. The Morgan fingerprint density at radius 1 is 0.588 bits per heavy atom. The second-order valence-electron chi connectivity index (χ2n) is 9.93. The van der Waals surface area contributed by atoms with Gasteiger partial charge in [0.05, 0.1) is 6.61 Å². The highest BCUT2D eigenvalue weighted by Gasteiger charge is 2.13. The molecular formula is C29H59NO4. The second-order valence-corrected chi connectivity index (χ2v) is 9.93. The summed E-state index contributed by atoms with van der Waals surface area (Å²) in [5.74, 6) is -1.81. The Hall–Kier alpha value is -1.10. The largest absolute Gasteiger partial charge is 0.550 e. The maximum absolute atomic E-state index is 11.9. The summed E-state index contributed by atoms with van der Waals surface area (Å²) in [5.41, 5.74) is 0. The smallest absolute Gasteiger partial charge is 0.305 e. The quantitative estimate of drug-likeness (QED) is 0.0982. The summed E-state index contributed by atoms with van der Waals surface area (Å²) >= 11 is 0. The molecule has 0 fully saturated rings. The van der Waals surface area contributed by atoms with E-state index < -0.39 is 11.9 Å². The molecule has 0 unspecified atom stereocenters. The normalized spacial score (nSPS) is 11.7. The first-order valence-electron chi connectivity index (χ1n) is 14.5. The van der Waals surface area contributed by atoms with Crippen LogP contribution in [0.4, 0.5) is 0 Å². The third-order valence-corrected chi connectivity index (χ3v) is 6.70. The molecule has 0 aromatic carbocycles. The highest BCUT2D eigenvalue weighted by Crippen LogP contribution is 2.18. The van der Waals surface area contributed by atoms with E-state index >= 15 is 0 Å². The molecule has 0 heterocycles. The molecule has 0 aromatic rings. The number of esters is 1. The fourth-order valence-corrected chi connectivity index (χ4v) is 4.40. The summed E-state index contributed by atoms with van der Waals surface area (Å²) in [6.45, 7) is 4.94. The minimum Gasteiger partial charge on any atom is -0.550 e. The number of hydrogen-bond donors (Lipinski definition) is 1. The fraction of sp³-hybridized carbons (Fsp3) is 0.931. The van der Waals surface area contributed by atoms with Crippen LogP contribution in [0.25, 0.3) is 0 Å². The predicted molar refractivity (Wildman–Crippen MR) is 143 cm³/mol. The summed E-state index contributed by atoms with van der Waals surface area (Å²) < 4.78 is 5.30. The molecule has 0 aromatic heterocycles. The number of rotatable bonds is 26. The van der Waals surface area contributed by atoms with Gasteiger partial charge in [0.15, 0.2) is 0 Å². The maximum Gasteiger partial charge on any atom is 0.305 e. The van der Waals surface area contributed by atoms with Crippen LogP contribution in [0.2, 0.25) is 0 Å². The zero-order chi connectivity index (χ0) is 24.4. The van der Waals surface area contributed by atoms with E-state index in [1.807, 2.05) is 0 Å². The Bertz CT molecular complexity index is 442. The summed E-state index contributed by atoms with van der Waals surface area (Å²) in [6.07, 6.45) is 26.0. The molecule has 5 nitrogen and oxygen atoms in total. The first-order valence-corrected chi connectivity index (χ1v) is 14.5. The zero-order valence-corrected chi connectivity index (χ0v) is 23.2. The number of carboxylic acids is 1. The van der Waals surface area contributed by atoms with E-state index in [1.54, 1.807) is 0 Å². The van der Waals surface area contributed by atoms with Gasteiger partial charge in [0.25, 0.3) is 0 Å². The molecule has 0 amide bonds. The molecule has 0 radical (unpaired) electrons. The molecule has 0 rings (SSSR count). The average Bonchev–Trinajstić information content (AvgIpc) is 2.80. The summed E-state index contributed by atoms with van der Waals surface area (Å²) in [5, 5.41) is 11.4. The van der Waals surface area contributed by atoms with E-state index in [-0.39, 0.29) is 18.5 Å². The van der Waals surface area contributed by atoms with Crippen molar-refractivity contribution in [1.29, 1.82) is 0 Å². The van der Waals surface area contributed by atoms with Crippen molar-refractivity contribution in [2.75, 3.05) is 6.61 Å². The van der Waals surface area contributed by atoms with Crippen molar-refractivity contribution in [3.63, 3.8) is 0 Å². The predicted octanol–water partition coefficient (Wildman–Crippen LogP) is 8.28. The van der Waals surface area contributed by atoms with Crippen molar-refractivity contribution in [1.82, 2.24) is 6.15 Å². The van der Waals surface area contributed by atoms with Crippen LogP contribution in [0.5, 0.6) is 0 Å². The third-order valence-electron chi connectivity index (χ3n) is 6.70. The van der Waals surface area contributed by atoms with Crippen LogP contribution in [-0.2, 0) is 14.3 Å². The molecule has 4 N–H and O–H groups in total. The highest BCUT2D eigenvalue weighted by molar-refractivity contribution is 5.72. The van der Waals surface area contributed by atoms with Crippen LogP contribution < -0.4 is 11.3 Å². The van der Waals surface area contributed by atoms with Crippen molar-refractivity contribution in [2.24, 2.45) is 5.92 Å². The van der Waals surface area contributed by atoms with Gasteiger partial charge in [-0.15, -0.1) is 0 Å². The summed E-state index contributed by atoms with van der Waals surface area (Å²) in [7, 11) is 0. The third kappa shape index (κ3) is 25.5. The van der Waals surface area contributed by atoms with Gasteiger partial charge in [-0.3, -0.25) is 4.79 Å². The molecule has 204 valence electrons. The Balaban J connectivity index is 0. The van der Waals surface area contributed by atoms with Crippen LogP contribution in [0.1, 0.15) is 162 Å². The summed E-state index contributed by atoms with van der Waals surface area (Å²) in [4.78, 5) is 23.3. The van der Waals surface area contributed by atoms with Gasteiger partial charge < -0.3 is 20.8 Å². The van der Waals surface area contributed by atoms with Crippen molar-refractivity contribution in [2.45, 2.75) is 162 Å². The second kappa shape index (κ2) is 28.1. The molecule has 0 saturated carbocycles. The number of hydrogen-bond acceptors (Lipinski definition) is 4. The van der Waals surface area contributed by atoms with Crippen LogP contribution in [0.3, 0.4) is 0 Å². The van der Waals surface area contributed by atoms with Gasteiger partial charge in [0, 0.05) is 12.4 Å². The number of quaternary nitrogens is 1. The standard InChI is InChI=1S/C29H56O4.H3N/c1-3-5-7-9-11-13-15-17-19-21-23-27(29(31)32)24-25-28(30)33-26-22-20-18-16-14-12-10-8-6-4-2;/h27H,3-26H2,1-2H3,(H,31,32);1H3/t27-;/m0./s1. The molecule has 5 heteroatoms. The molecule has 1 atom stereocenters. The topological polar surface area (TPSA) is 103 Å². The number of unbranched alkanes of at least 4 members (excludes halogenated alkanes) is 18. The Labute approximate surface area is 211 Å². The molecule has 0 aliphatic heterocycles. The SMILES string of the molecule is CCCCCCCCCCCCOC(=O)CC[C@H](CCCCCCCCCCCC)C(=O)[O-].[NH4+].